The van der Waals surface area contributed by atoms with Gasteiger partial charge in [-0.15, -0.1) is 29.7 Å². The van der Waals surface area contributed by atoms with Crippen molar-refractivity contribution in [1.29, 1.82) is 0 Å². The Morgan fingerprint density at radius 1 is 1.00 bits per heavy atom. The van der Waals surface area contributed by atoms with Crippen LogP contribution in [-0.4, -0.2) is 8.41 Å². The first kappa shape index (κ1) is 24.5. The largest absolute Gasteiger partial charge is 4.00 e. The second-order valence-electron chi connectivity index (χ2n) is 2.15. The molecular formula is C11H12BCl2Zr. The predicted octanol–water partition coefficient (Wildman–Crippen LogP) is -2.98. The van der Waals surface area contributed by atoms with Gasteiger partial charge in [0.25, 0.3) is 0 Å². The van der Waals surface area contributed by atoms with E-state index in [1.165, 1.54) is 10.8 Å². The summed E-state index contributed by atoms with van der Waals surface area (Å²) in [5.74, 6) is 0. The van der Waals surface area contributed by atoms with Crippen molar-refractivity contribution >= 4 is 19.2 Å². The molecule has 0 amide bonds. The zero-order valence-corrected chi connectivity index (χ0v) is 12.6. The second kappa shape index (κ2) is 14.4. The zero-order chi connectivity index (χ0) is 8.10. The smallest absolute Gasteiger partial charge is 1.00 e. The van der Waals surface area contributed by atoms with E-state index in [0.717, 1.165) is 0 Å². The molecule has 15 heavy (non-hydrogen) atoms. The van der Waals surface area contributed by atoms with Gasteiger partial charge in [0.15, 0.2) is 0 Å². The van der Waals surface area contributed by atoms with Crippen molar-refractivity contribution in [2.75, 3.05) is 0 Å². The van der Waals surface area contributed by atoms with Crippen LogP contribution in [-0.2, 0) is 26.2 Å². The molecule has 3 radical (unpaired) electrons. The van der Waals surface area contributed by atoms with Crippen LogP contribution in [0, 0.1) is 6.92 Å². The molecule has 0 spiro atoms. The molecule has 2 aromatic rings. The third kappa shape index (κ3) is 7.28. The molecule has 0 atom stereocenters. The zero-order valence-electron chi connectivity index (χ0n) is 8.58. The number of fused-ring (bicyclic) bond motifs is 1. The van der Waals surface area contributed by atoms with Crippen molar-refractivity contribution in [1.82, 2.24) is 0 Å². The molecule has 0 aliphatic heterocycles. The summed E-state index contributed by atoms with van der Waals surface area (Å²) in [5, 5.41) is 2.66. The Morgan fingerprint density at radius 3 is 2.07 bits per heavy atom. The van der Waals surface area contributed by atoms with Gasteiger partial charge in [-0.25, -0.2) is 0 Å². The topological polar surface area (TPSA) is 0 Å². The molecule has 0 unspecified atom stereocenters. The van der Waals surface area contributed by atoms with Crippen LogP contribution < -0.4 is 24.8 Å². The molecule has 0 N–H and O–H groups in total. The van der Waals surface area contributed by atoms with Crippen molar-refractivity contribution in [2.45, 2.75) is 6.92 Å². The van der Waals surface area contributed by atoms with Gasteiger partial charge in [0.1, 0.15) is 0 Å². The summed E-state index contributed by atoms with van der Waals surface area (Å²) in [6.45, 7) is 5.00. The minimum Gasteiger partial charge on any atom is -1.00 e. The van der Waals surface area contributed by atoms with Crippen molar-refractivity contribution < 1.29 is 51.0 Å². The van der Waals surface area contributed by atoms with Crippen LogP contribution in [0.1, 0.15) is 6.92 Å². The first-order chi connectivity index (χ1) is 5.47. The van der Waals surface area contributed by atoms with Gasteiger partial charge in [-0.1, -0.05) is 6.07 Å². The van der Waals surface area contributed by atoms with E-state index in [0.29, 0.717) is 0 Å². The molecule has 0 aliphatic rings. The van der Waals surface area contributed by atoms with Crippen molar-refractivity contribution in [2.24, 2.45) is 0 Å². The summed E-state index contributed by atoms with van der Waals surface area (Å²) >= 11 is 0. The van der Waals surface area contributed by atoms with E-state index in [2.05, 4.69) is 49.4 Å². The molecule has 0 saturated heterocycles. The third-order valence-electron chi connectivity index (χ3n) is 1.55. The van der Waals surface area contributed by atoms with Crippen LogP contribution in [0.4, 0.5) is 0 Å². The van der Waals surface area contributed by atoms with E-state index >= 15 is 0 Å². The van der Waals surface area contributed by atoms with Crippen LogP contribution in [0.25, 0.3) is 10.8 Å². The number of benzene rings is 1. The average Bonchev–Trinajstić information content (AvgIpc) is 2.55. The van der Waals surface area contributed by atoms with Crippen LogP contribution >= 0.6 is 0 Å². The summed E-state index contributed by atoms with van der Waals surface area (Å²) in [6, 6.07) is 14.7. The molecule has 2 rings (SSSR count). The Bertz CT molecular complexity index is 293. The summed E-state index contributed by atoms with van der Waals surface area (Å²) in [5.41, 5.74) is 0. The van der Waals surface area contributed by atoms with Gasteiger partial charge in [-0.2, -0.15) is 24.4 Å². The fourth-order valence-electron chi connectivity index (χ4n) is 1.07. The molecular weight excluding hydrogens is 305 g/mol. The molecule has 0 saturated carbocycles. The van der Waals surface area contributed by atoms with Gasteiger partial charge in [-0.3, -0.25) is 0 Å². The molecule has 4 heteroatoms. The van der Waals surface area contributed by atoms with Crippen LogP contribution in [0.15, 0.2) is 42.5 Å². The fourth-order valence-corrected chi connectivity index (χ4v) is 1.07. The number of hydrogen-bond donors (Lipinski definition) is 0. The van der Waals surface area contributed by atoms with E-state index in [1.807, 2.05) is 0 Å². The molecule has 0 nitrogen and oxygen atoms in total. The van der Waals surface area contributed by atoms with Crippen molar-refractivity contribution in [3.05, 3.63) is 49.4 Å². The standard InChI is InChI=1S/C9H7.C2H5.B.2ClH.Zr/c1-2-5-9-7-3-6-8(9)4-1;1-2;;;;/h1-7H;1H2,2H3;;2*1H;/q2*-1;;;;+4/p-2. The van der Waals surface area contributed by atoms with Gasteiger partial charge in [0.05, 0.1) is 0 Å². The monoisotopic (exact) mass is 315 g/mol. The molecule has 2 aromatic carbocycles. The quantitative estimate of drug-likeness (QED) is 0.360. The maximum atomic E-state index is 3.25. The summed E-state index contributed by atoms with van der Waals surface area (Å²) in [4.78, 5) is 0. The predicted molar refractivity (Wildman–Crippen MR) is 56.3 cm³/mol. The third-order valence-corrected chi connectivity index (χ3v) is 1.55. The molecule has 0 aliphatic carbocycles. The maximum Gasteiger partial charge on any atom is 4.00 e. The summed E-state index contributed by atoms with van der Waals surface area (Å²) in [7, 11) is 0. The molecule has 77 valence electrons. The van der Waals surface area contributed by atoms with Crippen LogP contribution in [0.5, 0.6) is 0 Å². The van der Waals surface area contributed by atoms with Gasteiger partial charge >= 0.3 is 26.2 Å². The van der Waals surface area contributed by atoms with Crippen LogP contribution in [0.2, 0.25) is 0 Å². The first-order valence-electron chi connectivity index (χ1n) is 3.78. The van der Waals surface area contributed by atoms with E-state index < -0.39 is 0 Å². The number of rotatable bonds is 0. The van der Waals surface area contributed by atoms with E-state index in [-0.39, 0.29) is 59.4 Å². The minimum atomic E-state index is 0. The van der Waals surface area contributed by atoms with E-state index in [4.69, 9.17) is 0 Å². The average molecular weight is 317 g/mol. The Hall–Kier alpha value is 0.358. The molecule has 0 fully saturated rings. The molecule has 0 heterocycles. The number of hydrogen-bond acceptors (Lipinski definition) is 0. The van der Waals surface area contributed by atoms with Crippen molar-refractivity contribution in [3.8, 4) is 0 Å². The Labute approximate surface area is 126 Å². The van der Waals surface area contributed by atoms with Crippen LogP contribution in [0.3, 0.4) is 0 Å². The normalized spacial score (nSPS) is 6.53. The molecule has 0 bridgehead atoms. The first-order valence-corrected chi connectivity index (χ1v) is 3.78. The van der Waals surface area contributed by atoms with Gasteiger partial charge in [0.2, 0.25) is 0 Å². The second-order valence-corrected chi connectivity index (χ2v) is 2.15. The number of halogens is 2. The van der Waals surface area contributed by atoms with Gasteiger partial charge in [-0.05, 0) is 0 Å². The minimum absolute atomic E-state index is 0. The maximum absolute atomic E-state index is 3.25. The Morgan fingerprint density at radius 2 is 1.53 bits per heavy atom. The molecule has 0 aromatic heterocycles. The van der Waals surface area contributed by atoms with E-state index in [9.17, 15) is 0 Å². The SMILES string of the molecule is [B].[CH2-]C.[Cl-].[Cl-].[Zr+4].c1ccc2[cH-]ccc2c1. The summed E-state index contributed by atoms with van der Waals surface area (Å²) < 4.78 is 0. The fraction of sp³-hybridized carbons (Fsp3) is 0.0909. The Balaban J connectivity index is -0.0000000959. The summed E-state index contributed by atoms with van der Waals surface area (Å²) in [6.07, 6.45) is 0. The van der Waals surface area contributed by atoms with E-state index in [1.54, 1.807) is 6.92 Å². The Kier molecular flexibility index (Phi) is 23.5. The van der Waals surface area contributed by atoms with Gasteiger partial charge in [0, 0.05) is 8.41 Å². The van der Waals surface area contributed by atoms with Crippen molar-refractivity contribution in [3.63, 3.8) is 0 Å². The van der Waals surface area contributed by atoms with Gasteiger partial charge < -0.3 is 31.7 Å².